The van der Waals surface area contributed by atoms with Crippen LogP contribution in [0.4, 0.5) is 0 Å². The average Bonchev–Trinajstić information content (AvgIpc) is 3.30. The molecule has 5 aromatic rings. The van der Waals surface area contributed by atoms with Gasteiger partial charge in [-0.1, -0.05) is 107 Å². The lowest BCUT2D eigenvalue weighted by molar-refractivity contribution is -0.139. The Balaban J connectivity index is 1.46. The minimum atomic E-state index is -0.696. The van der Waals surface area contributed by atoms with Crippen LogP contribution < -0.4 is 19.6 Å². The molecule has 1 aromatic heterocycles. The maximum absolute atomic E-state index is 14.1. The zero-order valence-electron chi connectivity index (χ0n) is 24.3. The predicted octanol–water partition coefficient (Wildman–Crippen LogP) is 7.15. The molecule has 0 unspecified atom stereocenters. The van der Waals surface area contributed by atoms with Crippen LogP contribution in [0.25, 0.3) is 16.8 Å². The fraction of sp³-hybridized carbons (Fsp3) is 0.171. The van der Waals surface area contributed by atoms with E-state index in [0.29, 0.717) is 42.0 Å². The summed E-state index contributed by atoms with van der Waals surface area (Å²) < 4.78 is 13.7. The molecule has 1 atom stereocenters. The number of hydrogen-bond donors (Lipinski definition) is 0. The smallest absolute Gasteiger partial charge is 0.338 e. The van der Waals surface area contributed by atoms with E-state index in [9.17, 15) is 9.59 Å². The third-order valence-corrected chi connectivity index (χ3v) is 8.97. The first kappa shape index (κ1) is 29.9. The molecule has 2 heterocycles. The molecule has 1 aliphatic rings. The van der Waals surface area contributed by atoms with Crippen molar-refractivity contribution < 1.29 is 14.3 Å². The van der Waals surface area contributed by atoms with E-state index in [1.54, 1.807) is 36.6 Å². The number of ether oxygens (including phenoxy) is 2. The van der Waals surface area contributed by atoms with Crippen molar-refractivity contribution in [2.75, 3.05) is 6.61 Å². The molecule has 0 N–H and O–H groups in total. The van der Waals surface area contributed by atoms with E-state index in [4.69, 9.17) is 32.7 Å². The van der Waals surface area contributed by atoms with Crippen LogP contribution in [0, 0.1) is 6.92 Å². The van der Waals surface area contributed by atoms with Gasteiger partial charge in [-0.25, -0.2) is 9.79 Å². The van der Waals surface area contributed by atoms with Crippen molar-refractivity contribution in [1.29, 1.82) is 0 Å². The second-order valence-corrected chi connectivity index (χ2v) is 12.3. The lowest BCUT2D eigenvalue weighted by Crippen LogP contribution is -2.39. The Labute approximate surface area is 268 Å². The Kier molecular flexibility index (Phi) is 8.45. The quantitative estimate of drug-likeness (QED) is 0.177. The summed E-state index contributed by atoms with van der Waals surface area (Å²) in [5.41, 5.74) is 3.94. The van der Waals surface area contributed by atoms with E-state index in [-0.39, 0.29) is 18.8 Å². The van der Waals surface area contributed by atoms with Gasteiger partial charge in [0, 0.05) is 10.6 Å². The molecule has 9 heteroatoms. The van der Waals surface area contributed by atoms with Gasteiger partial charge in [0.2, 0.25) is 0 Å². The van der Waals surface area contributed by atoms with Crippen molar-refractivity contribution in [1.82, 2.24) is 4.57 Å². The maximum Gasteiger partial charge on any atom is 0.338 e. The Morgan fingerprint density at radius 3 is 2.55 bits per heavy atom. The maximum atomic E-state index is 14.1. The molecule has 0 amide bonds. The zero-order valence-corrected chi connectivity index (χ0v) is 26.6. The second kappa shape index (κ2) is 12.4. The predicted molar refractivity (Wildman–Crippen MR) is 176 cm³/mol. The van der Waals surface area contributed by atoms with Crippen LogP contribution in [-0.4, -0.2) is 17.1 Å². The average molecular weight is 644 g/mol. The Morgan fingerprint density at radius 2 is 1.77 bits per heavy atom. The molecule has 0 spiro atoms. The largest absolute Gasteiger partial charge is 0.487 e. The highest BCUT2D eigenvalue weighted by molar-refractivity contribution is 7.07. The number of aryl methyl sites for hydroxylation is 1. The molecule has 6 nitrogen and oxygen atoms in total. The summed E-state index contributed by atoms with van der Waals surface area (Å²) in [4.78, 5) is 32.4. The molecule has 44 heavy (non-hydrogen) atoms. The summed E-state index contributed by atoms with van der Waals surface area (Å²) in [7, 11) is 0. The first-order chi connectivity index (χ1) is 21.2. The number of thiazole rings is 1. The van der Waals surface area contributed by atoms with E-state index in [1.165, 1.54) is 11.3 Å². The van der Waals surface area contributed by atoms with Gasteiger partial charge in [0.1, 0.15) is 12.4 Å². The molecule has 0 bridgehead atoms. The number of rotatable bonds is 7. The number of benzene rings is 4. The zero-order chi connectivity index (χ0) is 31.0. The van der Waals surface area contributed by atoms with Gasteiger partial charge in [0.05, 0.1) is 33.5 Å². The number of aromatic nitrogens is 1. The van der Waals surface area contributed by atoms with E-state index in [2.05, 4.69) is 23.2 Å². The molecule has 0 aliphatic carbocycles. The van der Waals surface area contributed by atoms with Crippen molar-refractivity contribution >= 4 is 57.4 Å². The van der Waals surface area contributed by atoms with Gasteiger partial charge in [-0.15, -0.1) is 0 Å². The fourth-order valence-corrected chi connectivity index (χ4v) is 7.01. The topological polar surface area (TPSA) is 69.9 Å². The van der Waals surface area contributed by atoms with Crippen LogP contribution in [0.3, 0.4) is 0 Å². The number of carbonyl (C=O) groups excluding carboxylic acids is 1. The summed E-state index contributed by atoms with van der Waals surface area (Å²) in [6.07, 6.45) is 1.72. The Hall–Kier alpha value is -4.17. The second-order valence-electron chi connectivity index (χ2n) is 10.4. The van der Waals surface area contributed by atoms with Gasteiger partial charge in [0.15, 0.2) is 4.80 Å². The number of allylic oxidation sites excluding steroid dienone is 1. The highest BCUT2D eigenvalue weighted by atomic mass is 35.5. The van der Waals surface area contributed by atoms with Crippen LogP contribution in [0.1, 0.15) is 42.1 Å². The van der Waals surface area contributed by atoms with Crippen LogP contribution in [-0.2, 0) is 16.1 Å². The number of fused-ring (bicyclic) bond motifs is 2. The molecule has 0 saturated heterocycles. The molecule has 4 aromatic carbocycles. The minimum absolute atomic E-state index is 0.206. The van der Waals surface area contributed by atoms with Crippen molar-refractivity contribution in [3.8, 4) is 5.75 Å². The molecule has 222 valence electrons. The lowest BCUT2D eigenvalue weighted by Gasteiger charge is -2.24. The third kappa shape index (κ3) is 5.71. The van der Waals surface area contributed by atoms with Crippen molar-refractivity contribution in [3.63, 3.8) is 0 Å². The standard InChI is InChI=1S/C35H28Cl2N2O4S/c1-4-42-34(41)30-21(3)38-35-39(31(30)23-14-12-20(2)13-15-23)33(40)29(44-35)17-25-16-26(36)18-28(37)32(25)43-19-24-10-7-9-22-8-5-6-11-27(22)24/h5-18,31H,4,19H2,1-3H3/b29-17-/t31-/m1/s1. The highest BCUT2D eigenvalue weighted by Crippen LogP contribution is 2.35. The lowest BCUT2D eigenvalue weighted by atomic mass is 9.95. The van der Waals surface area contributed by atoms with Gasteiger partial charge < -0.3 is 9.47 Å². The van der Waals surface area contributed by atoms with Gasteiger partial charge in [0.25, 0.3) is 5.56 Å². The van der Waals surface area contributed by atoms with Crippen LogP contribution >= 0.6 is 34.5 Å². The monoisotopic (exact) mass is 642 g/mol. The SMILES string of the molecule is CCOC(=O)C1=C(C)N=c2s/c(=C\c3cc(Cl)cc(Cl)c3OCc3cccc4ccccc34)c(=O)n2[C@@H]1c1ccc(C)cc1. The molecule has 0 fully saturated rings. The number of hydrogen-bond acceptors (Lipinski definition) is 6. The fourth-order valence-electron chi connectivity index (χ4n) is 5.40. The molecule has 0 saturated carbocycles. The Bertz CT molecular complexity index is 2130. The number of halogens is 2. The summed E-state index contributed by atoms with van der Waals surface area (Å²) in [5.74, 6) is -0.0901. The minimum Gasteiger partial charge on any atom is -0.487 e. The van der Waals surface area contributed by atoms with Gasteiger partial charge >= 0.3 is 5.97 Å². The van der Waals surface area contributed by atoms with Gasteiger partial charge in [-0.05, 0) is 60.9 Å². The summed E-state index contributed by atoms with van der Waals surface area (Å²) in [5, 5.41) is 2.93. The van der Waals surface area contributed by atoms with Crippen LogP contribution in [0.2, 0.25) is 10.0 Å². The molecule has 6 rings (SSSR count). The van der Waals surface area contributed by atoms with E-state index >= 15 is 0 Å². The van der Waals surface area contributed by atoms with E-state index in [1.807, 2.05) is 55.5 Å². The summed E-state index contributed by atoms with van der Waals surface area (Å²) >= 11 is 14.3. The normalized spacial score (nSPS) is 14.8. The van der Waals surface area contributed by atoms with Crippen molar-refractivity contribution in [2.45, 2.75) is 33.4 Å². The van der Waals surface area contributed by atoms with Crippen LogP contribution in [0.5, 0.6) is 5.75 Å². The van der Waals surface area contributed by atoms with E-state index in [0.717, 1.165) is 27.5 Å². The van der Waals surface area contributed by atoms with Crippen molar-refractivity contribution in [2.24, 2.45) is 4.99 Å². The molecule has 1 aliphatic heterocycles. The van der Waals surface area contributed by atoms with Crippen molar-refractivity contribution in [3.05, 3.63) is 142 Å². The molecule has 0 radical (unpaired) electrons. The summed E-state index contributed by atoms with van der Waals surface area (Å²) in [6, 6.07) is 24.5. The van der Waals surface area contributed by atoms with Crippen LogP contribution in [0.15, 0.2) is 99.9 Å². The first-order valence-electron chi connectivity index (χ1n) is 14.1. The van der Waals surface area contributed by atoms with Gasteiger partial charge in [-0.2, -0.15) is 0 Å². The highest BCUT2D eigenvalue weighted by Gasteiger charge is 2.33. The Morgan fingerprint density at radius 1 is 1.02 bits per heavy atom. The van der Waals surface area contributed by atoms with E-state index < -0.39 is 12.0 Å². The van der Waals surface area contributed by atoms with Gasteiger partial charge in [-0.3, -0.25) is 9.36 Å². The number of esters is 1. The summed E-state index contributed by atoms with van der Waals surface area (Å²) in [6.45, 7) is 5.97. The number of carbonyl (C=O) groups is 1. The first-order valence-corrected chi connectivity index (χ1v) is 15.7. The molecular formula is C35H28Cl2N2O4S. The molecular weight excluding hydrogens is 615 g/mol. The number of nitrogens with zero attached hydrogens (tertiary/aromatic N) is 2. The third-order valence-electron chi connectivity index (χ3n) is 7.49.